The maximum atomic E-state index is 12.0. The number of hydrogen-bond donors (Lipinski definition) is 2. The monoisotopic (exact) mass is 447 g/mol. The van der Waals surface area contributed by atoms with Crippen LogP contribution in [0.5, 0.6) is 0 Å². The number of piperazine rings is 1. The molecule has 0 bridgehead atoms. The van der Waals surface area contributed by atoms with Crippen molar-refractivity contribution in [1.29, 1.82) is 0 Å². The number of benzene rings is 3. The number of nitrogens with one attached hydrogen (secondary N) is 1. The number of nitrogens with zero attached hydrogens (tertiary/aromatic N) is 1. The Morgan fingerprint density at radius 3 is 2.34 bits per heavy atom. The molecule has 0 atom stereocenters. The molecule has 2 heterocycles. The molecule has 0 spiro atoms. The summed E-state index contributed by atoms with van der Waals surface area (Å²) in [5.41, 5.74) is 10.9. The molecule has 1 aliphatic heterocycles. The molecular weight excluding hydrogens is 422 g/mol. The van der Waals surface area contributed by atoms with E-state index in [2.05, 4.69) is 34.5 Å². The van der Waals surface area contributed by atoms with Gasteiger partial charge < -0.3 is 15.5 Å². The average molecular weight is 448 g/mol. The SMILES string of the molecule is Cl.NC(=O)c1ccccc1-c1ccccc1-c1cc2ccc(CN3CCNCC3)cc2o1. The first-order valence-corrected chi connectivity index (χ1v) is 10.6. The van der Waals surface area contributed by atoms with Gasteiger partial charge in [0.05, 0.1) is 0 Å². The maximum absolute atomic E-state index is 12.0. The van der Waals surface area contributed by atoms with E-state index in [0.29, 0.717) is 5.56 Å². The minimum absolute atomic E-state index is 0. The molecule has 1 amide bonds. The fourth-order valence-corrected chi connectivity index (χ4v) is 4.30. The number of carbonyl (C=O) groups is 1. The third-order valence-corrected chi connectivity index (χ3v) is 5.88. The number of fused-ring (bicyclic) bond motifs is 1. The van der Waals surface area contributed by atoms with Crippen molar-refractivity contribution in [1.82, 2.24) is 10.2 Å². The standard InChI is InChI=1S/C26H25N3O2.ClH/c27-26(30)23-8-4-2-6-21(23)20-5-1-3-7-22(20)25-16-19-10-9-18(15-24(19)31-25)17-29-13-11-28-12-14-29;/h1-10,15-16,28H,11-14,17H2,(H2,27,30);1H. The Labute approximate surface area is 193 Å². The number of hydrogen-bond acceptors (Lipinski definition) is 4. The first kappa shape index (κ1) is 22.1. The van der Waals surface area contributed by atoms with Crippen molar-refractivity contribution in [2.75, 3.05) is 26.2 Å². The van der Waals surface area contributed by atoms with Crippen LogP contribution in [0.1, 0.15) is 15.9 Å². The lowest BCUT2D eigenvalue weighted by molar-refractivity contribution is 0.100. The molecule has 0 saturated carbocycles. The molecule has 1 saturated heterocycles. The van der Waals surface area contributed by atoms with Crippen LogP contribution in [-0.2, 0) is 6.54 Å². The predicted molar refractivity (Wildman–Crippen MR) is 131 cm³/mol. The quantitative estimate of drug-likeness (QED) is 0.465. The molecule has 3 aromatic carbocycles. The van der Waals surface area contributed by atoms with Crippen LogP contribution in [0.25, 0.3) is 33.4 Å². The molecule has 0 radical (unpaired) electrons. The third-order valence-electron chi connectivity index (χ3n) is 5.88. The largest absolute Gasteiger partial charge is 0.456 e. The third kappa shape index (κ3) is 4.41. The van der Waals surface area contributed by atoms with Crippen molar-refractivity contribution < 1.29 is 9.21 Å². The van der Waals surface area contributed by atoms with E-state index in [4.69, 9.17) is 10.2 Å². The van der Waals surface area contributed by atoms with Crippen molar-refractivity contribution in [3.05, 3.63) is 83.9 Å². The zero-order chi connectivity index (χ0) is 21.2. The molecule has 1 aliphatic rings. The van der Waals surface area contributed by atoms with E-state index in [1.807, 2.05) is 42.5 Å². The van der Waals surface area contributed by atoms with Gasteiger partial charge in [0.15, 0.2) is 0 Å². The molecule has 4 aromatic rings. The van der Waals surface area contributed by atoms with Gasteiger partial charge in [0, 0.05) is 49.2 Å². The molecule has 32 heavy (non-hydrogen) atoms. The van der Waals surface area contributed by atoms with Crippen LogP contribution in [0.4, 0.5) is 0 Å². The predicted octanol–water partition coefficient (Wildman–Crippen LogP) is 4.69. The number of furan rings is 1. The van der Waals surface area contributed by atoms with E-state index in [-0.39, 0.29) is 12.4 Å². The van der Waals surface area contributed by atoms with Crippen LogP contribution in [0.3, 0.4) is 0 Å². The first-order valence-electron chi connectivity index (χ1n) is 10.6. The molecule has 5 nitrogen and oxygen atoms in total. The van der Waals surface area contributed by atoms with Gasteiger partial charge in [-0.1, -0.05) is 54.6 Å². The van der Waals surface area contributed by atoms with Gasteiger partial charge >= 0.3 is 0 Å². The average Bonchev–Trinajstić information content (AvgIpc) is 3.23. The summed E-state index contributed by atoms with van der Waals surface area (Å²) in [6.45, 7) is 5.13. The Hall–Kier alpha value is -3.12. The van der Waals surface area contributed by atoms with Crippen LogP contribution in [-0.4, -0.2) is 37.0 Å². The Morgan fingerprint density at radius 2 is 1.59 bits per heavy atom. The van der Waals surface area contributed by atoms with E-state index in [0.717, 1.165) is 66.1 Å². The van der Waals surface area contributed by atoms with Gasteiger partial charge in [-0.05, 0) is 34.9 Å². The lowest BCUT2D eigenvalue weighted by Crippen LogP contribution is -2.42. The molecule has 5 rings (SSSR count). The van der Waals surface area contributed by atoms with Gasteiger partial charge in [0.1, 0.15) is 11.3 Å². The summed E-state index contributed by atoms with van der Waals surface area (Å²) in [5, 5.41) is 4.46. The van der Waals surface area contributed by atoms with E-state index in [9.17, 15) is 4.79 Å². The van der Waals surface area contributed by atoms with E-state index in [1.54, 1.807) is 6.07 Å². The fraction of sp³-hybridized carbons (Fsp3) is 0.192. The minimum atomic E-state index is -0.437. The maximum Gasteiger partial charge on any atom is 0.249 e. The number of amides is 1. The molecule has 1 fully saturated rings. The van der Waals surface area contributed by atoms with Crippen LogP contribution in [0.2, 0.25) is 0 Å². The summed E-state index contributed by atoms with van der Waals surface area (Å²) in [4.78, 5) is 14.4. The van der Waals surface area contributed by atoms with Crippen LogP contribution in [0, 0.1) is 0 Å². The van der Waals surface area contributed by atoms with Gasteiger partial charge in [0.2, 0.25) is 5.91 Å². The molecular formula is C26H26ClN3O2. The van der Waals surface area contributed by atoms with Crippen molar-refractivity contribution in [3.63, 3.8) is 0 Å². The minimum Gasteiger partial charge on any atom is -0.456 e. The summed E-state index contributed by atoms with van der Waals surface area (Å²) in [6.07, 6.45) is 0. The molecule has 6 heteroatoms. The molecule has 164 valence electrons. The summed E-state index contributed by atoms with van der Waals surface area (Å²) < 4.78 is 6.30. The zero-order valence-electron chi connectivity index (χ0n) is 17.7. The smallest absolute Gasteiger partial charge is 0.249 e. The Bertz CT molecular complexity index is 1240. The number of primary amides is 1. The highest BCUT2D eigenvalue weighted by Crippen LogP contribution is 2.36. The van der Waals surface area contributed by atoms with Crippen molar-refractivity contribution in [2.24, 2.45) is 5.73 Å². The Kier molecular flexibility index (Phi) is 6.61. The number of halogens is 1. The van der Waals surface area contributed by atoms with Crippen LogP contribution >= 0.6 is 12.4 Å². The normalized spacial score (nSPS) is 14.2. The summed E-state index contributed by atoms with van der Waals surface area (Å²) in [6, 6.07) is 23.9. The first-order chi connectivity index (χ1) is 15.2. The highest BCUT2D eigenvalue weighted by atomic mass is 35.5. The van der Waals surface area contributed by atoms with Crippen molar-refractivity contribution in [3.8, 4) is 22.5 Å². The van der Waals surface area contributed by atoms with E-state index in [1.165, 1.54) is 5.56 Å². The van der Waals surface area contributed by atoms with Crippen LogP contribution < -0.4 is 11.1 Å². The second kappa shape index (κ2) is 9.57. The molecule has 0 unspecified atom stereocenters. The lowest BCUT2D eigenvalue weighted by Gasteiger charge is -2.27. The van der Waals surface area contributed by atoms with Crippen molar-refractivity contribution in [2.45, 2.75) is 6.54 Å². The fourth-order valence-electron chi connectivity index (χ4n) is 4.30. The van der Waals surface area contributed by atoms with Crippen molar-refractivity contribution >= 4 is 29.3 Å². The number of carbonyl (C=O) groups excluding carboxylic acids is 1. The zero-order valence-corrected chi connectivity index (χ0v) is 18.5. The summed E-state index contributed by atoms with van der Waals surface area (Å²) in [5.74, 6) is 0.344. The van der Waals surface area contributed by atoms with E-state index >= 15 is 0 Å². The highest BCUT2D eigenvalue weighted by Gasteiger charge is 2.17. The van der Waals surface area contributed by atoms with Gasteiger partial charge in [-0.2, -0.15) is 0 Å². The number of nitrogens with two attached hydrogens (primary N) is 1. The second-order valence-corrected chi connectivity index (χ2v) is 7.96. The Balaban J connectivity index is 0.00000245. The van der Waals surface area contributed by atoms with Gasteiger partial charge in [-0.15, -0.1) is 12.4 Å². The van der Waals surface area contributed by atoms with Gasteiger partial charge in [0.25, 0.3) is 0 Å². The highest BCUT2D eigenvalue weighted by molar-refractivity contribution is 6.02. The lowest BCUT2D eigenvalue weighted by atomic mass is 9.94. The van der Waals surface area contributed by atoms with E-state index < -0.39 is 5.91 Å². The molecule has 0 aliphatic carbocycles. The van der Waals surface area contributed by atoms with Crippen LogP contribution in [0.15, 0.2) is 77.2 Å². The van der Waals surface area contributed by atoms with Gasteiger partial charge in [-0.25, -0.2) is 0 Å². The second-order valence-electron chi connectivity index (χ2n) is 7.96. The van der Waals surface area contributed by atoms with Gasteiger partial charge in [-0.3, -0.25) is 9.69 Å². The summed E-state index contributed by atoms with van der Waals surface area (Å²) >= 11 is 0. The summed E-state index contributed by atoms with van der Waals surface area (Å²) in [7, 11) is 0. The Morgan fingerprint density at radius 1 is 0.906 bits per heavy atom. The topological polar surface area (TPSA) is 71.5 Å². The number of rotatable bonds is 5. The molecule has 1 aromatic heterocycles. The molecule has 3 N–H and O–H groups in total.